The van der Waals surface area contributed by atoms with Crippen LogP contribution >= 0.6 is 0 Å². The second-order valence-electron chi connectivity index (χ2n) is 8.78. The number of aliphatic carboxylic acids is 1. The molecular weight excluding hydrogens is 432 g/mol. The van der Waals surface area contributed by atoms with Gasteiger partial charge in [0.1, 0.15) is 19.2 Å². The molecule has 1 aliphatic carbocycles. The fraction of sp³-hybridized carbons (Fsp3) is 0.444. The second kappa shape index (κ2) is 11.7. The van der Waals surface area contributed by atoms with Crippen LogP contribution in [0.1, 0.15) is 63.5 Å². The summed E-state index contributed by atoms with van der Waals surface area (Å²) in [4.78, 5) is 38.6. The largest absolute Gasteiger partial charge is 0.480 e. The van der Waals surface area contributed by atoms with Gasteiger partial charge in [0.05, 0.1) is 0 Å². The Balaban J connectivity index is 1.70. The number of carbonyl (C=O) groups excluding carboxylic acids is 2. The molecule has 2 amide bonds. The van der Waals surface area contributed by atoms with E-state index >= 15 is 0 Å². The van der Waals surface area contributed by atoms with E-state index in [9.17, 15) is 19.5 Å². The number of hydrogen-bond donors (Lipinski definition) is 2. The number of nitrogens with zero attached hydrogens (tertiary/aromatic N) is 1. The molecule has 0 bridgehead atoms. The Labute approximate surface area is 201 Å². The van der Waals surface area contributed by atoms with E-state index in [-0.39, 0.29) is 18.6 Å². The second-order valence-corrected chi connectivity index (χ2v) is 8.78. The minimum absolute atomic E-state index is 0.0773. The number of rotatable bonds is 11. The molecule has 2 N–H and O–H groups in total. The Bertz CT molecular complexity index is 976. The number of nitrogens with one attached hydrogen (secondary N) is 1. The smallest absolute Gasteiger partial charge is 0.407 e. The standard InChI is InChI=1S/C27H34N2O5/c1-4-6-15-24(26(32)29(16-25(30)31)18(3)5-2)28-27(33)34-17-23-21-13-9-7-11-19(21)20-12-8-10-14-22(20)23/h7-14,18,23-24H,4-6,15-17H2,1-3H3,(H,28,33)(H,30,31). The molecule has 0 fully saturated rings. The topological polar surface area (TPSA) is 95.9 Å². The maximum absolute atomic E-state index is 13.2. The average molecular weight is 467 g/mol. The van der Waals surface area contributed by atoms with Crippen molar-refractivity contribution in [3.8, 4) is 11.1 Å². The van der Waals surface area contributed by atoms with Crippen molar-refractivity contribution in [2.45, 2.75) is 64.5 Å². The van der Waals surface area contributed by atoms with Gasteiger partial charge in [0.15, 0.2) is 0 Å². The summed E-state index contributed by atoms with van der Waals surface area (Å²) < 4.78 is 5.61. The van der Waals surface area contributed by atoms with Gasteiger partial charge in [-0.05, 0) is 42.0 Å². The SMILES string of the molecule is CCCCC(NC(=O)OCC1c2ccccc2-c2ccccc21)C(=O)N(CC(=O)O)C(C)CC. The van der Waals surface area contributed by atoms with Crippen LogP contribution in [0.5, 0.6) is 0 Å². The molecule has 0 aliphatic heterocycles. The van der Waals surface area contributed by atoms with Crippen LogP contribution in [0.2, 0.25) is 0 Å². The monoisotopic (exact) mass is 466 g/mol. The Morgan fingerprint density at radius 3 is 2.15 bits per heavy atom. The summed E-state index contributed by atoms with van der Waals surface area (Å²) in [7, 11) is 0. The molecule has 0 aromatic heterocycles. The molecule has 3 rings (SSSR count). The summed E-state index contributed by atoms with van der Waals surface area (Å²) in [5.74, 6) is -1.55. The third-order valence-electron chi connectivity index (χ3n) is 6.49. The van der Waals surface area contributed by atoms with Crippen molar-refractivity contribution in [2.24, 2.45) is 0 Å². The third kappa shape index (κ3) is 5.76. The molecule has 0 saturated carbocycles. The lowest BCUT2D eigenvalue weighted by molar-refractivity contribution is -0.147. The number of unbranched alkanes of at least 4 members (excludes halogenated alkanes) is 1. The number of carboxylic acid groups (broad SMARTS) is 1. The molecule has 0 saturated heterocycles. The lowest BCUT2D eigenvalue weighted by Gasteiger charge is -2.31. The van der Waals surface area contributed by atoms with E-state index in [2.05, 4.69) is 17.4 Å². The molecule has 2 atom stereocenters. The lowest BCUT2D eigenvalue weighted by atomic mass is 9.98. The van der Waals surface area contributed by atoms with Crippen molar-refractivity contribution in [3.05, 3.63) is 59.7 Å². The summed E-state index contributed by atoms with van der Waals surface area (Å²) in [5, 5.41) is 12.0. The highest BCUT2D eigenvalue weighted by Crippen LogP contribution is 2.44. The van der Waals surface area contributed by atoms with E-state index in [1.807, 2.05) is 57.2 Å². The summed E-state index contributed by atoms with van der Waals surface area (Å²) in [6.07, 6.45) is 1.94. The molecular formula is C27H34N2O5. The number of alkyl carbamates (subject to hydrolysis) is 1. The predicted octanol–water partition coefficient (Wildman–Crippen LogP) is 4.80. The minimum atomic E-state index is -1.08. The molecule has 2 aromatic carbocycles. The molecule has 2 unspecified atom stereocenters. The van der Waals surface area contributed by atoms with Crippen molar-refractivity contribution in [1.82, 2.24) is 10.2 Å². The predicted molar refractivity (Wildman–Crippen MR) is 131 cm³/mol. The van der Waals surface area contributed by atoms with Gasteiger partial charge < -0.3 is 20.1 Å². The summed E-state index contributed by atoms with van der Waals surface area (Å²) in [6.45, 7) is 5.46. The van der Waals surface area contributed by atoms with Crippen LogP contribution in [0.15, 0.2) is 48.5 Å². The first-order valence-corrected chi connectivity index (χ1v) is 12.0. The van der Waals surface area contributed by atoms with Gasteiger partial charge >= 0.3 is 12.1 Å². The highest BCUT2D eigenvalue weighted by atomic mass is 16.5. The first-order valence-electron chi connectivity index (χ1n) is 12.0. The van der Waals surface area contributed by atoms with E-state index in [4.69, 9.17) is 4.74 Å². The Kier molecular flexibility index (Phi) is 8.68. The van der Waals surface area contributed by atoms with Crippen LogP contribution in [0.4, 0.5) is 4.79 Å². The number of amides is 2. The van der Waals surface area contributed by atoms with Crippen LogP contribution in [0, 0.1) is 0 Å². The number of carbonyl (C=O) groups is 3. The molecule has 2 aromatic rings. The van der Waals surface area contributed by atoms with E-state index in [0.29, 0.717) is 12.8 Å². The van der Waals surface area contributed by atoms with Crippen LogP contribution in [-0.4, -0.2) is 53.2 Å². The Hall–Kier alpha value is -3.35. The maximum Gasteiger partial charge on any atom is 0.407 e. The fourth-order valence-corrected chi connectivity index (χ4v) is 4.47. The van der Waals surface area contributed by atoms with E-state index in [0.717, 1.165) is 35.1 Å². The number of hydrogen-bond acceptors (Lipinski definition) is 4. The van der Waals surface area contributed by atoms with E-state index < -0.39 is 30.6 Å². The van der Waals surface area contributed by atoms with Gasteiger partial charge in [-0.2, -0.15) is 0 Å². The Morgan fingerprint density at radius 1 is 1.03 bits per heavy atom. The van der Waals surface area contributed by atoms with Crippen LogP contribution in [-0.2, 0) is 14.3 Å². The van der Waals surface area contributed by atoms with Crippen LogP contribution in [0.3, 0.4) is 0 Å². The van der Waals surface area contributed by atoms with Gasteiger partial charge in [0.2, 0.25) is 5.91 Å². The van der Waals surface area contributed by atoms with E-state index in [1.54, 1.807) is 0 Å². The number of carboxylic acids is 1. The average Bonchev–Trinajstić information content (AvgIpc) is 3.16. The quantitative estimate of drug-likeness (QED) is 0.496. The van der Waals surface area contributed by atoms with E-state index in [1.165, 1.54) is 4.90 Å². The van der Waals surface area contributed by atoms with Crippen molar-refractivity contribution in [1.29, 1.82) is 0 Å². The molecule has 7 heteroatoms. The van der Waals surface area contributed by atoms with Gasteiger partial charge in [0, 0.05) is 12.0 Å². The fourth-order valence-electron chi connectivity index (χ4n) is 4.47. The van der Waals surface area contributed by atoms with Gasteiger partial charge in [-0.3, -0.25) is 9.59 Å². The number of benzene rings is 2. The molecule has 34 heavy (non-hydrogen) atoms. The van der Waals surface area contributed by atoms with Gasteiger partial charge in [-0.15, -0.1) is 0 Å². The van der Waals surface area contributed by atoms with Crippen LogP contribution in [0.25, 0.3) is 11.1 Å². The van der Waals surface area contributed by atoms with Crippen molar-refractivity contribution >= 4 is 18.0 Å². The normalized spacial score (nSPS) is 14.0. The zero-order valence-electron chi connectivity index (χ0n) is 20.1. The maximum atomic E-state index is 13.2. The van der Waals surface area contributed by atoms with Crippen molar-refractivity contribution in [2.75, 3.05) is 13.2 Å². The van der Waals surface area contributed by atoms with Crippen molar-refractivity contribution < 1.29 is 24.2 Å². The molecule has 182 valence electrons. The molecule has 0 spiro atoms. The minimum Gasteiger partial charge on any atom is -0.480 e. The summed E-state index contributed by atoms with van der Waals surface area (Å²) >= 11 is 0. The highest BCUT2D eigenvalue weighted by Gasteiger charge is 2.32. The first-order chi connectivity index (χ1) is 16.4. The first kappa shape index (κ1) is 25.3. The Morgan fingerprint density at radius 2 is 1.62 bits per heavy atom. The molecule has 1 aliphatic rings. The molecule has 0 heterocycles. The number of fused-ring (bicyclic) bond motifs is 3. The summed E-state index contributed by atoms with van der Waals surface area (Å²) in [5.41, 5.74) is 4.50. The lowest BCUT2D eigenvalue weighted by Crippen LogP contribution is -2.52. The third-order valence-corrected chi connectivity index (χ3v) is 6.49. The number of ether oxygens (including phenoxy) is 1. The highest BCUT2D eigenvalue weighted by molar-refractivity contribution is 5.88. The van der Waals surface area contributed by atoms with Crippen LogP contribution < -0.4 is 5.32 Å². The summed E-state index contributed by atoms with van der Waals surface area (Å²) in [6, 6.07) is 15.1. The van der Waals surface area contributed by atoms with Gasteiger partial charge in [-0.25, -0.2) is 4.79 Å². The molecule has 0 radical (unpaired) electrons. The zero-order chi connectivity index (χ0) is 24.7. The van der Waals surface area contributed by atoms with Crippen molar-refractivity contribution in [3.63, 3.8) is 0 Å². The van der Waals surface area contributed by atoms with Gasteiger partial charge in [0.25, 0.3) is 0 Å². The molecule has 7 nitrogen and oxygen atoms in total. The van der Waals surface area contributed by atoms with Gasteiger partial charge in [-0.1, -0.05) is 75.2 Å². The zero-order valence-corrected chi connectivity index (χ0v) is 20.1.